The molecule has 0 N–H and O–H groups in total. The van der Waals surface area contributed by atoms with Crippen molar-refractivity contribution in [1.29, 1.82) is 0 Å². The Morgan fingerprint density at radius 1 is 0.946 bits per heavy atom. The van der Waals surface area contributed by atoms with Crippen LogP contribution >= 0.6 is 11.3 Å². The smallest absolute Gasteiger partial charge is 0.274 e. The van der Waals surface area contributed by atoms with E-state index in [2.05, 4.69) is 31.0 Å². The number of aromatic nitrogens is 2. The van der Waals surface area contributed by atoms with Gasteiger partial charge < -0.3 is 14.2 Å². The standard InChI is InChI=1S/C30H30N2O4S/c1-4-20(3)22-11-13-23(14-12-22)35-16-17-36-26-15-10-21(18-27(26)34-5-2)19-28-29(33)32-25-9-7-6-8-24(25)31-30(32)37-28/h6-15,18-20H,4-5,16-17H2,1-3H3/b28-19+. The third-order valence-corrected chi connectivity index (χ3v) is 7.35. The number of hydrogen-bond donors (Lipinski definition) is 0. The molecule has 1 atom stereocenters. The van der Waals surface area contributed by atoms with Gasteiger partial charge in [-0.2, -0.15) is 0 Å². The molecule has 0 spiro atoms. The number of benzene rings is 3. The zero-order chi connectivity index (χ0) is 25.8. The van der Waals surface area contributed by atoms with Crippen molar-refractivity contribution in [2.45, 2.75) is 33.1 Å². The highest BCUT2D eigenvalue weighted by Crippen LogP contribution is 2.29. The summed E-state index contributed by atoms with van der Waals surface area (Å²) in [5.74, 6) is 2.65. The Labute approximate surface area is 219 Å². The first-order chi connectivity index (χ1) is 18.1. The number of thiazole rings is 1. The molecule has 37 heavy (non-hydrogen) atoms. The van der Waals surface area contributed by atoms with Crippen LogP contribution in [0.5, 0.6) is 17.2 Å². The van der Waals surface area contributed by atoms with E-state index in [4.69, 9.17) is 14.2 Å². The maximum Gasteiger partial charge on any atom is 0.274 e. The summed E-state index contributed by atoms with van der Waals surface area (Å²) < 4.78 is 19.9. The average molecular weight is 515 g/mol. The van der Waals surface area contributed by atoms with Crippen LogP contribution in [0.1, 0.15) is 44.2 Å². The van der Waals surface area contributed by atoms with Crippen LogP contribution in [0, 0.1) is 0 Å². The number of para-hydroxylation sites is 2. The molecule has 0 amide bonds. The quantitative estimate of drug-likeness (QED) is 0.220. The predicted octanol–water partition coefficient (Wildman–Crippen LogP) is 5.83. The molecule has 0 saturated heterocycles. The second kappa shape index (κ2) is 11.0. The van der Waals surface area contributed by atoms with Gasteiger partial charge in [0, 0.05) is 0 Å². The first-order valence-electron chi connectivity index (χ1n) is 12.6. The van der Waals surface area contributed by atoms with E-state index in [-0.39, 0.29) is 5.56 Å². The number of imidazole rings is 1. The van der Waals surface area contributed by atoms with Gasteiger partial charge in [-0.25, -0.2) is 9.38 Å². The Hall–Kier alpha value is -3.84. The van der Waals surface area contributed by atoms with E-state index in [0.717, 1.165) is 28.8 Å². The largest absolute Gasteiger partial charge is 0.490 e. The predicted molar refractivity (Wildman–Crippen MR) is 149 cm³/mol. The highest BCUT2D eigenvalue weighted by atomic mass is 32.1. The third-order valence-electron chi connectivity index (χ3n) is 6.38. The molecule has 0 bridgehead atoms. The summed E-state index contributed by atoms with van der Waals surface area (Å²) in [5.41, 5.74) is 3.76. The highest BCUT2D eigenvalue weighted by molar-refractivity contribution is 7.15. The molecule has 3 aromatic carbocycles. The molecule has 6 nitrogen and oxygen atoms in total. The summed E-state index contributed by atoms with van der Waals surface area (Å²) >= 11 is 1.38. The van der Waals surface area contributed by atoms with E-state index in [1.165, 1.54) is 16.9 Å². The Bertz CT molecular complexity index is 1620. The van der Waals surface area contributed by atoms with Gasteiger partial charge in [0.25, 0.3) is 5.56 Å². The van der Waals surface area contributed by atoms with E-state index >= 15 is 0 Å². The molecule has 0 aliphatic carbocycles. The SMILES string of the molecule is CCOc1cc(/C=c2/sc3nc4ccccc4n3c2=O)ccc1OCCOc1ccc(C(C)CC)cc1. The zero-order valence-electron chi connectivity index (χ0n) is 21.3. The Balaban J connectivity index is 1.29. The summed E-state index contributed by atoms with van der Waals surface area (Å²) in [6.07, 6.45) is 2.98. The fraction of sp³-hybridized carbons (Fsp3) is 0.267. The third kappa shape index (κ3) is 5.32. The van der Waals surface area contributed by atoms with Gasteiger partial charge in [0.2, 0.25) is 0 Å². The lowest BCUT2D eigenvalue weighted by Gasteiger charge is -2.14. The number of hydrogen-bond acceptors (Lipinski definition) is 6. The van der Waals surface area contributed by atoms with Crippen LogP contribution in [0.3, 0.4) is 0 Å². The van der Waals surface area contributed by atoms with Crippen molar-refractivity contribution in [2.75, 3.05) is 19.8 Å². The lowest BCUT2D eigenvalue weighted by molar-refractivity contribution is 0.208. The zero-order valence-corrected chi connectivity index (χ0v) is 22.1. The van der Waals surface area contributed by atoms with Crippen LogP contribution in [0.15, 0.2) is 71.5 Å². The topological polar surface area (TPSA) is 62.1 Å². The molecule has 0 radical (unpaired) electrons. The van der Waals surface area contributed by atoms with Gasteiger partial charge in [-0.1, -0.05) is 55.5 Å². The van der Waals surface area contributed by atoms with Crippen LogP contribution in [-0.4, -0.2) is 29.2 Å². The van der Waals surface area contributed by atoms with Crippen LogP contribution < -0.4 is 24.3 Å². The van der Waals surface area contributed by atoms with Crippen LogP contribution in [0.4, 0.5) is 0 Å². The van der Waals surface area contributed by atoms with Crippen LogP contribution in [0.25, 0.3) is 22.1 Å². The second-order valence-corrected chi connectivity index (χ2v) is 9.86. The first-order valence-corrected chi connectivity index (χ1v) is 13.4. The minimum absolute atomic E-state index is 0.0682. The van der Waals surface area contributed by atoms with Crippen molar-refractivity contribution in [3.05, 3.63) is 92.7 Å². The van der Waals surface area contributed by atoms with E-state index < -0.39 is 0 Å². The molecule has 5 rings (SSSR count). The molecule has 0 saturated carbocycles. The van der Waals surface area contributed by atoms with Crippen molar-refractivity contribution >= 4 is 33.4 Å². The molecular weight excluding hydrogens is 484 g/mol. The van der Waals surface area contributed by atoms with Gasteiger partial charge in [0.05, 0.1) is 22.2 Å². The molecule has 1 unspecified atom stereocenters. The molecule has 2 aromatic heterocycles. The minimum atomic E-state index is -0.0682. The van der Waals surface area contributed by atoms with Crippen molar-refractivity contribution in [1.82, 2.24) is 9.38 Å². The summed E-state index contributed by atoms with van der Waals surface area (Å²) in [6, 6.07) is 21.6. The molecule has 0 aliphatic rings. The average Bonchev–Trinajstić information content (AvgIpc) is 3.43. The van der Waals surface area contributed by atoms with Gasteiger partial charge in [0.1, 0.15) is 19.0 Å². The number of ether oxygens (including phenoxy) is 3. The van der Waals surface area contributed by atoms with Crippen molar-refractivity contribution in [2.24, 2.45) is 0 Å². The van der Waals surface area contributed by atoms with E-state index in [0.29, 0.717) is 46.7 Å². The fourth-order valence-electron chi connectivity index (χ4n) is 4.20. The summed E-state index contributed by atoms with van der Waals surface area (Å²) in [5, 5.41) is 0. The Kier molecular flexibility index (Phi) is 7.42. The van der Waals surface area contributed by atoms with Gasteiger partial charge in [-0.3, -0.25) is 4.79 Å². The Morgan fingerprint density at radius 2 is 1.73 bits per heavy atom. The van der Waals surface area contributed by atoms with Gasteiger partial charge in [0.15, 0.2) is 16.5 Å². The maximum absolute atomic E-state index is 13.1. The minimum Gasteiger partial charge on any atom is -0.490 e. The Morgan fingerprint density at radius 3 is 2.51 bits per heavy atom. The summed E-state index contributed by atoms with van der Waals surface area (Å²) in [7, 11) is 0. The molecule has 7 heteroatoms. The van der Waals surface area contributed by atoms with E-state index in [1.54, 1.807) is 4.40 Å². The lowest BCUT2D eigenvalue weighted by Crippen LogP contribution is -2.22. The normalized spacial score (nSPS) is 12.8. The molecule has 2 heterocycles. The maximum atomic E-state index is 13.1. The summed E-state index contributed by atoms with van der Waals surface area (Å²) in [6.45, 7) is 7.66. The van der Waals surface area contributed by atoms with Crippen molar-refractivity contribution in [3.8, 4) is 17.2 Å². The number of nitrogens with zero attached hydrogens (tertiary/aromatic N) is 2. The molecule has 0 aliphatic heterocycles. The fourth-order valence-corrected chi connectivity index (χ4v) is 5.19. The van der Waals surface area contributed by atoms with Crippen molar-refractivity contribution < 1.29 is 14.2 Å². The van der Waals surface area contributed by atoms with Gasteiger partial charge >= 0.3 is 0 Å². The monoisotopic (exact) mass is 514 g/mol. The molecule has 190 valence electrons. The lowest BCUT2D eigenvalue weighted by atomic mass is 9.99. The number of rotatable bonds is 10. The van der Waals surface area contributed by atoms with Crippen molar-refractivity contribution in [3.63, 3.8) is 0 Å². The molecular formula is C30H30N2O4S. The van der Waals surface area contributed by atoms with E-state index in [9.17, 15) is 4.79 Å². The number of fused-ring (bicyclic) bond motifs is 3. The van der Waals surface area contributed by atoms with Gasteiger partial charge in [-0.05, 0) is 72.9 Å². The van der Waals surface area contributed by atoms with Crippen LogP contribution in [-0.2, 0) is 0 Å². The van der Waals surface area contributed by atoms with E-state index in [1.807, 2.05) is 67.6 Å². The molecule has 0 fully saturated rings. The highest BCUT2D eigenvalue weighted by Gasteiger charge is 2.12. The molecule has 5 aromatic rings. The van der Waals surface area contributed by atoms with Gasteiger partial charge in [-0.15, -0.1) is 0 Å². The first kappa shape index (κ1) is 24.8. The van der Waals surface area contributed by atoms with Crippen LogP contribution in [0.2, 0.25) is 0 Å². The second-order valence-electron chi connectivity index (χ2n) is 8.85. The summed E-state index contributed by atoms with van der Waals surface area (Å²) in [4.78, 5) is 18.4.